The van der Waals surface area contributed by atoms with Gasteiger partial charge in [0.05, 0.1) is 13.5 Å². The third-order valence-electron chi connectivity index (χ3n) is 1.52. The highest BCUT2D eigenvalue weighted by molar-refractivity contribution is 5.72. The van der Waals surface area contributed by atoms with Crippen LogP contribution in [-0.4, -0.2) is 13.1 Å². The highest BCUT2D eigenvalue weighted by Gasteiger charge is 2.05. The molecule has 12 heavy (non-hydrogen) atoms. The molecule has 0 aliphatic rings. The van der Waals surface area contributed by atoms with E-state index in [0.717, 1.165) is 0 Å². The summed E-state index contributed by atoms with van der Waals surface area (Å²) in [7, 11) is 1.49. The van der Waals surface area contributed by atoms with Crippen LogP contribution < -0.4 is 4.74 Å². The molecule has 0 atom stereocenters. The van der Waals surface area contributed by atoms with Crippen molar-refractivity contribution in [1.29, 1.82) is 0 Å². The number of carbonyl (C=O) groups excluding carboxylic acids is 1. The smallest absolute Gasteiger partial charge is 0.306 e. The van der Waals surface area contributed by atoms with Gasteiger partial charge < -0.3 is 4.74 Å². The van der Waals surface area contributed by atoms with Crippen molar-refractivity contribution in [3.63, 3.8) is 0 Å². The molecule has 0 N–H and O–H groups in total. The summed E-state index contributed by atoms with van der Waals surface area (Å²) < 4.78 is 16.9. The molecule has 0 aliphatic carbocycles. The van der Waals surface area contributed by atoms with Crippen LogP contribution in [0.3, 0.4) is 0 Å². The van der Waals surface area contributed by atoms with Crippen molar-refractivity contribution < 1.29 is 13.9 Å². The van der Waals surface area contributed by atoms with Gasteiger partial charge in [-0.25, -0.2) is 0 Å². The van der Waals surface area contributed by atoms with Gasteiger partial charge in [0, 0.05) is 5.56 Å². The van der Waals surface area contributed by atoms with E-state index in [4.69, 9.17) is 4.74 Å². The zero-order chi connectivity index (χ0) is 8.97. The molecule has 1 rings (SSSR count). The number of rotatable bonds is 3. The van der Waals surface area contributed by atoms with Gasteiger partial charge in [-0.15, -0.1) is 0 Å². The van der Waals surface area contributed by atoms with Crippen LogP contribution in [-0.2, 0) is 11.2 Å². The van der Waals surface area contributed by atoms with Crippen LogP contribution in [0.25, 0.3) is 0 Å². The predicted octanol–water partition coefficient (Wildman–Crippen LogP) is 1.73. The summed E-state index contributed by atoms with van der Waals surface area (Å²) in [6, 6.07) is 5.51. The molecule has 0 heterocycles. The number of hydrogen-bond acceptors (Lipinski definition) is 2. The maximum absolute atomic E-state index is 12.0. The van der Waals surface area contributed by atoms with Crippen molar-refractivity contribution >= 4 is 6.04 Å². The molecule has 0 unspecified atom stereocenters. The first-order valence-corrected chi connectivity index (χ1v) is 3.54. The van der Waals surface area contributed by atoms with E-state index < -0.39 is 6.04 Å². The molecule has 0 saturated carbocycles. The molecule has 0 radical (unpaired) electrons. The fourth-order valence-corrected chi connectivity index (χ4v) is 0.999. The van der Waals surface area contributed by atoms with E-state index >= 15 is 0 Å². The van der Waals surface area contributed by atoms with Crippen molar-refractivity contribution in [3.05, 3.63) is 29.8 Å². The molecular weight excluding hydrogens is 159 g/mol. The maximum atomic E-state index is 12.0. The first kappa shape index (κ1) is 8.71. The standard InChI is InChI=1S/C9H9FO2/c1-12-8-5-3-2-4-7(8)6-9(10)11/h2-5H,6H2,1H3. The van der Waals surface area contributed by atoms with Crippen molar-refractivity contribution in [2.24, 2.45) is 0 Å². The predicted molar refractivity (Wildman–Crippen MR) is 42.8 cm³/mol. The van der Waals surface area contributed by atoms with E-state index in [1.807, 2.05) is 0 Å². The first-order chi connectivity index (χ1) is 5.74. The second-order valence-corrected chi connectivity index (χ2v) is 2.34. The molecular formula is C9H9FO2. The molecule has 0 fully saturated rings. The van der Waals surface area contributed by atoms with E-state index in [1.165, 1.54) is 7.11 Å². The molecule has 0 bridgehead atoms. The third-order valence-corrected chi connectivity index (χ3v) is 1.52. The van der Waals surface area contributed by atoms with Crippen molar-refractivity contribution in [2.75, 3.05) is 7.11 Å². The minimum atomic E-state index is -1.35. The molecule has 1 aromatic rings. The highest BCUT2D eigenvalue weighted by Crippen LogP contribution is 2.17. The van der Waals surface area contributed by atoms with E-state index in [0.29, 0.717) is 11.3 Å². The van der Waals surface area contributed by atoms with Crippen LogP contribution in [0.15, 0.2) is 24.3 Å². The van der Waals surface area contributed by atoms with Gasteiger partial charge in [0.2, 0.25) is 0 Å². The molecule has 0 saturated heterocycles. The summed E-state index contributed by atoms with van der Waals surface area (Å²) in [4.78, 5) is 10.2. The van der Waals surface area contributed by atoms with E-state index in [2.05, 4.69) is 0 Å². The van der Waals surface area contributed by atoms with Crippen LogP contribution in [0.4, 0.5) is 4.39 Å². The Morgan fingerprint density at radius 2 is 2.17 bits per heavy atom. The van der Waals surface area contributed by atoms with Crippen LogP contribution in [0.5, 0.6) is 5.75 Å². The lowest BCUT2D eigenvalue weighted by Crippen LogP contribution is -1.97. The number of methoxy groups -OCH3 is 1. The van der Waals surface area contributed by atoms with Gasteiger partial charge in [-0.1, -0.05) is 18.2 Å². The molecule has 1 aromatic carbocycles. The Kier molecular flexibility index (Phi) is 2.80. The van der Waals surface area contributed by atoms with Gasteiger partial charge >= 0.3 is 6.04 Å². The van der Waals surface area contributed by atoms with Gasteiger partial charge in [-0.3, -0.25) is 4.79 Å². The lowest BCUT2D eigenvalue weighted by molar-refractivity contribution is -0.128. The zero-order valence-electron chi connectivity index (χ0n) is 6.71. The Morgan fingerprint density at radius 3 is 2.75 bits per heavy atom. The molecule has 0 amide bonds. The summed E-state index contributed by atoms with van der Waals surface area (Å²) in [5.74, 6) is 0.545. The number of ether oxygens (including phenoxy) is 1. The normalized spacial score (nSPS) is 9.50. The summed E-state index contributed by atoms with van der Waals surface area (Å²) in [5.41, 5.74) is 0.576. The summed E-state index contributed by atoms with van der Waals surface area (Å²) in [6.45, 7) is 0. The average molecular weight is 168 g/mol. The van der Waals surface area contributed by atoms with Gasteiger partial charge in [-0.05, 0) is 6.07 Å². The topological polar surface area (TPSA) is 26.3 Å². The van der Waals surface area contributed by atoms with Gasteiger partial charge in [0.15, 0.2) is 0 Å². The third kappa shape index (κ3) is 2.05. The Balaban J connectivity index is 2.89. The van der Waals surface area contributed by atoms with Gasteiger partial charge in [0.25, 0.3) is 0 Å². The van der Waals surface area contributed by atoms with Crippen LogP contribution in [0.2, 0.25) is 0 Å². The van der Waals surface area contributed by atoms with Crippen molar-refractivity contribution in [3.8, 4) is 5.75 Å². The fourth-order valence-electron chi connectivity index (χ4n) is 0.999. The lowest BCUT2D eigenvalue weighted by Gasteiger charge is -2.04. The van der Waals surface area contributed by atoms with Crippen molar-refractivity contribution in [2.45, 2.75) is 6.42 Å². The van der Waals surface area contributed by atoms with Gasteiger partial charge in [0.1, 0.15) is 5.75 Å². The Morgan fingerprint density at radius 1 is 1.50 bits per heavy atom. The Bertz CT molecular complexity index is 284. The minimum absolute atomic E-state index is 0.218. The number of halogens is 1. The molecule has 0 aromatic heterocycles. The van der Waals surface area contributed by atoms with E-state index in [-0.39, 0.29) is 6.42 Å². The summed E-state index contributed by atoms with van der Waals surface area (Å²) in [5, 5.41) is 0. The quantitative estimate of drug-likeness (QED) is 0.642. The minimum Gasteiger partial charge on any atom is -0.496 e. The summed E-state index contributed by atoms with van der Waals surface area (Å²) >= 11 is 0. The molecule has 3 heteroatoms. The van der Waals surface area contributed by atoms with E-state index in [9.17, 15) is 9.18 Å². The number of hydrogen-bond donors (Lipinski definition) is 0. The molecule has 2 nitrogen and oxygen atoms in total. The number of carbonyl (C=O) groups is 1. The lowest BCUT2D eigenvalue weighted by atomic mass is 10.1. The van der Waals surface area contributed by atoms with Crippen molar-refractivity contribution in [1.82, 2.24) is 0 Å². The van der Waals surface area contributed by atoms with Crippen LogP contribution in [0, 0.1) is 0 Å². The van der Waals surface area contributed by atoms with Crippen LogP contribution in [0.1, 0.15) is 5.56 Å². The number of para-hydroxylation sites is 1. The molecule has 64 valence electrons. The maximum Gasteiger partial charge on any atom is 0.306 e. The SMILES string of the molecule is COc1ccccc1CC(=O)F. The average Bonchev–Trinajstić information content (AvgIpc) is 2.04. The molecule has 0 aliphatic heterocycles. The van der Waals surface area contributed by atoms with Crippen LogP contribution >= 0.6 is 0 Å². The van der Waals surface area contributed by atoms with Gasteiger partial charge in [-0.2, -0.15) is 4.39 Å². The Hall–Kier alpha value is -1.38. The number of benzene rings is 1. The zero-order valence-corrected chi connectivity index (χ0v) is 6.71. The largest absolute Gasteiger partial charge is 0.496 e. The second-order valence-electron chi connectivity index (χ2n) is 2.34. The highest BCUT2D eigenvalue weighted by atomic mass is 19.1. The molecule has 0 spiro atoms. The summed E-state index contributed by atoms with van der Waals surface area (Å²) in [6.07, 6.45) is -0.218. The first-order valence-electron chi connectivity index (χ1n) is 3.54. The fraction of sp³-hybridized carbons (Fsp3) is 0.222. The monoisotopic (exact) mass is 168 g/mol. The Labute approximate surface area is 70.0 Å². The van der Waals surface area contributed by atoms with E-state index in [1.54, 1.807) is 24.3 Å². The second kappa shape index (κ2) is 3.85.